The highest BCUT2D eigenvalue weighted by Crippen LogP contribution is 2.16. The second-order valence-corrected chi connectivity index (χ2v) is 6.84. The first kappa shape index (κ1) is 15.8. The van der Waals surface area contributed by atoms with Gasteiger partial charge in [0.1, 0.15) is 0 Å². The quantitative estimate of drug-likeness (QED) is 0.717. The molecule has 0 amide bonds. The van der Waals surface area contributed by atoms with Crippen LogP contribution < -0.4 is 0 Å². The number of piperazine rings is 1. The summed E-state index contributed by atoms with van der Waals surface area (Å²) in [6, 6.07) is 0.291. The van der Waals surface area contributed by atoms with E-state index in [-0.39, 0.29) is 6.61 Å². The van der Waals surface area contributed by atoms with E-state index in [1.54, 1.807) is 11.4 Å². The van der Waals surface area contributed by atoms with Gasteiger partial charge in [-0.2, -0.15) is 17.0 Å². The molecule has 1 N–H and O–H groups in total. The molecule has 1 saturated heterocycles. The van der Waals surface area contributed by atoms with Crippen LogP contribution in [0.5, 0.6) is 0 Å². The fourth-order valence-electron chi connectivity index (χ4n) is 2.17. The van der Waals surface area contributed by atoms with Crippen LogP contribution in [0.3, 0.4) is 0 Å². The van der Waals surface area contributed by atoms with Gasteiger partial charge in [0, 0.05) is 45.9 Å². The molecule has 108 valence electrons. The first-order valence-corrected chi connectivity index (χ1v) is 7.85. The van der Waals surface area contributed by atoms with E-state index >= 15 is 0 Å². The Morgan fingerprint density at radius 3 is 2.61 bits per heavy atom. The van der Waals surface area contributed by atoms with Gasteiger partial charge in [0.25, 0.3) is 10.2 Å². The van der Waals surface area contributed by atoms with Crippen molar-refractivity contribution in [2.75, 3.05) is 46.9 Å². The summed E-state index contributed by atoms with van der Waals surface area (Å²) in [5, 5.41) is 8.76. The Balaban J connectivity index is 2.67. The highest BCUT2D eigenvalue weighted by Gasteiger charge is 2.33. The maximum atomic E-state index is 12.3. The highest BCUT2D eigenvalue weighted by molar-refractivity contribution is 7.86. The van der Waals surface area contributed by atoms with Crippen LogP contribution in [0.1, 0.15) is 19.8 Å². The number of rotatable bonds is 6. The maximum Gasteiger partial charge on any atom is 0.281 e. The minimum Gasteiger partial charge on any atom is -0.396 e. The zero-order valence-electron chi connectivity index (χ0n) is 11.5. The van der Waals surface area contributed by atoms with Crippen molar-refractivity contribution < 1.29 is 13.5 Å². The molecule has 1 aliphatic rings. The molecule has 1 aliphatic heterocycles. The Hall–Kier alpha value is -0.210. The van der Waals surface area contributed by atoms with Crippen molar-refractivity contribution in [3.63, 3.8) is 0 Å². The molecule has 0 aromatic carbocycles. The lowest BCUT2D eigenvalue weighted by atomic mass is 10.1. The highest BCUT2D eigenvalue weighted by atomic mass is 32.2. The zero-order chi connectivity index (χ0) is 13.8. The molecule has 0 aromatic rings. The fourth-order valence-corrected chi connectivity index (χ4v) is 3.60. The van der Waals surface area contributed by atoms with Crippen LogP contribution in [-0.2, 0) is 10.2 Å². The average Bonchev–Trinajstić information content (AvgIpc) is 2.36. The van der Waals surface area contributed by atoms with E-state index in [9.17, 15) is 8.42 Å². The third-order valence-corrected chi connectivity index (χ3v) is 5.52. The number of likely N-dealkylation sites (N-methyl/N-ethyl adjacent to an activating group) is 1. The predicted molar refractivity (Wildman–Crippen MR) is 71.5 cm³/mol. The van der Waals surface area contributed by atoms with Gasteiger partial charge in [0.05, 0.1) is 0 Å². The van der Waals surface area contributed by atoms with Crippen LogP contribution in [0, 0.1) is 0 Å². The van der Waals surface area contributed by atoms with Gasteiger partial charge in [-0.15, -0.1) is 0 Å². The van der Waals surface area contributed by atoms with Gasteiger partial charge < -0.3 is 10.0 Å². The second-order valence-electron chi connectivity index (χ2n) is 4.81. The number of hydrogen-bond acceptors (Lipinski definition) is 4. The normalized spacial score (nSPS) is 23.7. The van der Waals surface area contributed by atoms with Crippen molar-refractivity contribution in [3.8, 4) is 0 Å². The fraction of sp³-hybridized carbons (Fsp3) is 1.00. The van der Waals surface area contributed by atoms with Crippen molar-refractivity contribution in [2.24, 2.45) is 0 Å². The van der Waals surface area contributed by atoms with E-state index in [1.165, 1.54) is 4.31 Å². The standard InChI is InChI=1S/C11H25N3O3S/c1-4-11-10-14(8-7-12(11)2)18(16,17)13(3)6-5-9-15/h11,15H,4-10H2,1-3H3. The Morgan fingerprint density at radius 2 is 2.06 bits per heavy atom. The summed E-state index contributed by atoms with van der Waals surface area (Å²) in [7, 11) is 0.237. The van der Waals surface area contributed by atoms with E-state index in [2.05, 4.69) is 11.8 Å². The number of hydrogen-bond donors (Lipinski definition) is 1. The molecule has 0 aromatic heterocycles. The van der Waals surface area contributed by atoms with Crippen molar-refractivity contribution in [1.82, 2.24) is 13.5 Å². The van der Waals surface area contributed by atoms with Gasteiger partial charge in [0.15, 0.2) is 0 Å². The summed E-state index contributed by atoms with van der Waals surface area (Å²) >= 11 is 0. The van der Waals surface area contributed by atoms with Gasteiger partial charge in [0.2, 0.25) is 0 Å². The van der Waals surface area contributed by atoms with Crippen LogP contribution in [0.4, 0.5) is 0 Å². The van der Waals surface area contributed by atoms with Crippen molar-refractivity contribution in [3.05, 3.63) is 0 Å². The first-order valence-electron chi connectivity index (χ1n) is 6.46. The topological polar surface area (TPSA) is 64.1 Å². The molecule has 1 atom stereocenters. The van der Waals surface area contributed by atoms with Crippen LogP contribution in [-0.4, -0.2) is 80.0 Å². The second kappa shape index (κ2) is 6.81. The molecular weight excluding hydrogens is 254 g/mol. The van der Waals surface area contributed by atoms with E-state index in [0.717, 1.165) is 13.0 Å². The molecule has 6 nitrogen and oxygen atoms in total. The molecule has 0 saturated carbocycles. The molecule has 0 bridgehead atoms. The zero-order valence-corrected chi connectivity index (χ0v) is 12.4. The molecule has 0 aliphatic carbocycles. The molecule has 1 unspecified atom stereocenters. The van der Waals surface area contributed by atoms with Gasteiger partial charge in [-0.25, -0.2) is 0 Å². The van der Waals surface area contributed by atoms with Crippen molar-refractivity contribution >= 4 is 10.2 Å². The number of nitrogens with zero attached hydrogens (tertiary/aromatic N) is 3. The van der Waals surface area contributed by atoms with Crippen molar-refractivity contribution in [1.29, 1.82) is 0 Å². The Kier molecular flexibility index (Phi) is 6.00. The minimum atomic E-state index is -3.37. The summed E-state index contributed by atoms with van der Waals surface area (Å²) in [5.41, 5.74) is 0. The van der Waals surface area contributed by atoms with E-state index < -0.39 is 10.2 Å². The summed E-state index contributed by atoms with van der Waals surface area (Å²) in [4.78, 5) is 2.21. The average molecular weight is 279 g/mol. The van der Waals surface area contributed by atoms with Gasteiger partial charge in [-0.05, 0) is 19.9 Å². The monoisotopic (exact) mass is 279 g/mol. The molecule has 1 fully saturated rings. The molecule has 18 heavy (non-hydrogen) atoms. The third-order valence-electron chi connectivity index (χ3n) is 3.56. The third kappa shape index (κ3) is 3.64. The lowest BCUT2D eigenvalue weighted by molar-refractivity contribution is 0.139. The summed E-state index contributed by atoms with van der Waals surface area (Å²) in [5.74, 6) is 0. The van der Waals surface area contributed by atoms with Crippen LogP contribution in [0.25, 0.3) is 0 Å². The number of aliphatic hydroxyl groups excluding tert-OH is 1. The predicted octanol–water partition coefficient (Wildman–Crippen LogP) is -0.429. The molecule has 0 spiro atoms. The summed E-state index contributed by atoms with van der Waals surface area (Å²) in [6.45, 7) is 4.32. The lowest BCUT2D eigenvalue weighted by Crippen LogP contribution is -2.55. The van der Waals surface area contributed by atoms with Crippen LogP contribution in [0.2, 0.25) is 0 Å². The molecule has 1 rings (SSSR count). The molecule has 0 radical (unpaired) electrons. The number of aliphatic hydroxyl groups is 1. The Morgan fingerprint density at radius 1 is 1.39 bits per heavy atom. The lowest BCUT2D eigenvalue weighted by Gasteiger charge is -2.39. The molecule has 7 heteroatoms. The molecular formula is C11H25N3O3S. The van der Waals surface area contributed by atoms with Crippen LogP contribution in [0.15, 0.2) is 0 Å². The SMILES string of the molecule is CCC1CN(S(=O)(=O)N(C)CCCO)CCN1C. The summed E-state index contributed by atoms with van der Waals surface area (Å²) in [6.07, 6.45) is 1.42. The first-order chi connectivity index (χ1) is 8.43. The van der Waals surface area contributed by atoms with E-state index in [4.69, 9.17) is 5.11 Å². The Bertz CT molecular complexity index is 347. The molecule has 1 heterocycles. The minimum absolute atomic E-state index is 0.0141. The van der Waals surface area contributed by atoms with E-state index in [0.29, 0.717) is 32.1 Å². The largest absolute Gasteiger partial charge is 0.396 e. The van der Waals surface area contributed by atoms with Gasteiger partial charge in [-0.3, -0.25) is 0 Å². The summed E-state index contributed by atoms with van der Waals surface area (Å²) < 4.78 is 27.5. The maximum absolute atomic E-state index is 12.3. The van der Waals surface area contributed by atoms with Crippen LogP contribution >= 0.6 is 0 Å². The van der Waals surface area contributed by atoms with Gasteiger partial charge in [-0.1, -0.05) is 6.92 Å². The van der Waals surface area contributed by atoms with E-state index in [1.807, 2.05) is 7.05 Å². The van der Waals surface area contributed by atoms with Crippen molar-refractivity contribution in [2.45, 2.75) is 25.8 Å². The van der Waals surface area contributed by atoms with Gasteiger partial charge >= 0.3 is 0 Å². The Labute approximate surface area is 110 Å². The smallest absolute Gasteiger partial charge is 0.281 e.